The lowest BCUT2D eigenvalue weighted by Crippen LogP contribution is -2.34. The quantitative estimate of drug-likeness (QED) is 0.0414. The van der Waals surface area contributed by atoms with E-state index in [9.17, 15) is 14.4 Å². The van der Waals surface area contributed by atoms with E-state index in [0.717, 1.165) is 39.9 Å². The van der Waals surface area contributed by atoms with Gasteiger partial charge in [0.25, 0.3) is 0 Å². The van der Waals surface area contributed by atoms with Crippen LogP contribution in [-0.4, -0.2) is 111 Å². The number of nitrogens with one attached hydrogen (secondary N) is 1. The molecule has 454 valence electrons. The van der Waals surface area contributed by atoms with Crippen molar-refractivity contribution in [1.82, 2.24) is 44.9 Å². The first-order chi connectivity index (χ1) is 42.6. The van der Waals surface area contributed by atoms with Crippen molar-refractivity contribution in [1.29, 1.82) is 0 Å². The minimum absolute atomic E-state index is 0.0954. The molecule has 2 aliphatic rings. The fraction of sp³-hybridized carbons (Fsp3) is 0.229. The largest absolute Gasteiger partial charge is 0.508 e. The molecule has 7 heterocycles. The Labute approximate surface area is 513 Å². The monoisotopic (exact) mass is 1170 g/mol. The van der Waals surface area contributed by atoms with E-state index in [1.165, 1.54) is 32.1 Å². The average molecular weight is 1180 g/mol. The van der Waals surface area contributed by atoms with Crippen LogP contribution in [0.5, 0.6) is 0 Å². The van der Waals surface area contributed by atoms with Gasteiger partial charge in [-0.3, -0.25) is 39.6 Å². The predicted octanol–water partition coefficient (Wildman–Crippen LogP) is 13.4. The third kappa shape index (κ3) is 26.7. The first-order valence-electron chi connectivity index (χ1n) is 28.3. The Hall–Kier alpha value is -9.94. The summed E-state index contributed by atoms with van der Waals surface area (Å²) in [4.78, 5) is 61.2. The summed E-state index contributed by atoms with van der Waals surface area (Å²) in [6.45, 7) is 22.5. The molecule has 2 amide bonds. The van der Waals surface area contributed by atoms with Gasteiger partial charge in [-0.1, -0.05) is 140 Å². The molecule has 5 aromatic heterocycles. The molecule has 3 N–H and O–H groups in total. The van der Waals surface area contributed by atoms with E-state index in [-0.39, 0.29) is 44.0 Å². The number of aromatic nitrogens is 5. The maximum absolute atomic E-state index is 12.5. The van der Waals surface area contributed by atoms with Crippen LogP contribution in [0, 0.1) is 0 Å². The van der Waals surface area contributed by atoms with Crippen LogP contribution >= 0.6 is 0 Å². The number of pyridine rings is 5. The van der Waals surface area contributed by atoms with Gasteiger partial charge in [-0.25, -0.2) is 14.4 Å². The standard InChI is InChI=1S/C19H20N2O2.C17H16N2O2.C11H14N2.C10H14N2.C10H11NO3.C3H7N/c1-3-13-21(18(4-2)17-11-8-12-20-14-17)19(22)23-15-16-9-6-5-7-10-16;20-17(21-13-14-6-2-1-3-7-14)19-11-5-9-16(19)15-8-4-10-18-12-15;1-3-7-13-11(4-2)10-6-5-8-12-9-10;1-12-7-3-5-10(12)9-4-2-6-11-8-9;1-13-10(12)14-7-3-5-9-4-2-6-11-8-9;1-2-3-4/h3-12,14,18H,1-2,13,15H2;1-10,12,16H,11,13H2;3-6,8-9,11,13H,1-2,7H2;2,4,6,8,10H,3,5,7H2,1H3;2-6,8H,7H2,1H3;2H,1,3-4H2/b;;;;5-3+;/t18-;16-;11-;10-;;/m0000../s1. The third-order valence-corrected chi connectivity index (χ3v) is 12.7. The summed E-state index contributed by atoms with van der Waals surface area (Å²) in [6, 6.07) is 39.0. The van der Waals surface area contributed by atoms with Crippen LogP contribution in [0.1, 0.15) is 76.0 Å². The molecular formula is C70H82N10O7. The number of ether oxygens (including phenoxy) is 4. The van der Waals surface area contributed by atoms with E-state index in [4.69, 9.17) is 15.2 Å². The van der Waals surface area contributed by atoms with Gasteiger partial charge in [0, 0.05) is 94.2 Å². The Kier molecular flexibility index (Phi) is 34.2. The molecule has 0 bridgehead atoms. The summed E-state index contributed by atoms with van der Waals surface area (Å²) in [5.41, 5.74) is 12.1. The second-order valence-electron chi connectivity index (χ2n) is 18.9. The number of carbonyl (C=O) groups excluding carboxylic acids is 3. The fourth-order valence-electron chi connectivity index (χ4n) is 8.44. The first kappa shape index (κ1) is 69.6. The average Bonchev–Trinajstić information content (AvgIpc) is 4.25. The Morgan fingerprint density at radius 1 is 0.678 bits per heavy atom. The highest BCUT2D eigenvalue weighted by molar-refractivity contribution is 5.70. The number of carbonyl (C=O) groups is 3. The van der Waals surface area contributed by atoms with Crippen LogP contribution in [0.2, 0.25) is 0 Å². The third-order valence-electron chi connectivity index (χ3n) is 12.7. The van der Waals surface area contributed by atoms with Gasteiger partial charge in [0.2, 0.25) is 0 Å². The van der Waals surface area contributed by atoms with Crippen molar-refractivity contribution in [2.45, 2.75) is 50.2 Å². The number of rotatable bonds is 20. The van der Waals surface area contributed by atoms with Crippen LogP contribution in [0.25, 0.3) is 6.08 Å². The molecule has 1 fully saturated rings. The minimum Gasteiger partial charge on any atom is -0.445 e. The molecule has 0 unspecified atom stereocenters. The topological polar surface area (TPSA) is 200 Å². The number of amides is 2. The lowest BCUT2D eigenvalue weighted by molar-refractivity contribution is 0.0818. The van der Waals surface area contributed by atoms with Crippen LogP contribution in [-0.2, 0) is 32.2 Å². The van der Waals surface area contributed by atoms with Gasteiger partial charge < -0.3 is 30.0 Å². The molecule has 0 spiro atoms. The number of nitrogens with zero attached hydrogens (tertiary/aromatic N) is 8. The normalized spacial score (nSPS) is 14.2. The molecule has 7 aromatic rings. The number of hydrogen-bond acceptors (Lipinski definition) is 15. The lowest BCUT2D eigenvalue weighted by Gasteiger charge is -2.28. The lowest BCUT2D eigenvalue weighted by atomic mass is 10.1. The smallest absolute Gasteiger partial charge is 0.445 e. The molecule has 0 saturated carbocycles. The van der Waals surface area contributed by atoms with E-state index < -0.39 is 12.2 Å². The molecule has 87 heavy (non-hydrogen) atoms. The first-order valence-corrected chi connectivity index (χ1v) is 28.3. The summed E-state index contributed by atoms with van der Waals surface area (Å²) in [7, 11) is 3.46. The molecule has 9 rings (SSSR count). The number of hydrogen-bond donors (Lipinski definition) is 2. The van der Waals surface area contributed by atoms with Gasteiger partial charge in [0.05, 0.1) is 25.2 Å². The van der Waals surface area contributed by atoms with Crippen LogP contribution in [0.15, 0.2) is 265 Å². The number of methoxy groups -OCH3 is 1. The second kappa shape index (κ2) is 42.8. The van der Waals surface area contributed by atoms with Crippen molar-refractivity contribution >= 4 is 24.4 Å². The van der Waals surface area contributed by atoms with Crippen LogP contribution in [0.3, 0.4) is 0 Å². The maximum atomic E-state index is 12.5. The van der Waals surface area contributed by atoms with Gasteiger partial charge in [0.1, 0.15) is 19.8 Å². The molecule has 4 atom stereocenters. The highest BCUT2D eigenvalue weighted by Gasteiger charge is 2.28. The zero-order valence-corrected chi connectivity index (χ0v) is 49.9. The van der Waals surface area contributed by atoms with Crippen molar-refractivity contribution in [2.75, 3.05) is 53.5 Å². The molecular weight excluding hydrogens is 1090 g/mol. The van der Waals surface area contributed by atoms with Crippen LogP contribution < -0.4 is 11.1 Å². The zero-order valence-electron chi connectivity index (χ0n) is 49.9. The molecule has 2 aliphatic heterocycles. The van der Waals surface area contributed by atoms with Gasteiger partial charge in [-0.2, -0.15) is 0 Å². The van der Waals surface area contributed by atoms with Crippen molar-refractivity contribution in [3.05, 3.63) is 304 Å². The summed E-state index contributed by atoms with van der Waals surface area (Å²) in [6.07, 6.45) is 35.1. The molecule has 17 nitrogen and oxygen atoms in total. The van der Waals surface area contributed by atoms with Crippen molar-refractivity contribution < 1.29 is 33.3 Å². The Balaban J connectivity index is 0.000000234. The number of benzene rings is 2. The van der Waals surface area contributed by atoms with Crippen molar-refractivity contribution in [3.63, 3.8) is 0 Å². The maximum Gasteiger partial charge on any atom is 0.508 e. The van der Waals surface area contributed by atoms with Gasteiger partial charge in [0.15, 0.2) is 0 Å². The molecule has 17 heteroatoms. The molecule has 1 saturated heterocycles. The van der Waals surface area contributed by atoms with E-state index in [1.807, 2.05) is 164 Å². The Morgan fingerprint density at radius 3 is 1.75 bits per heavy atom. The van der Waals surface area contributed by atoms with Crippen molar-refractivity contribution in [2.24, 2.45) is 5.73 Å². The van der Waals surface area contributed by atoms with E-state index in [0.29, 0.717) is 25.7 Å². The highest BCUT2D eigenvalue weighted by Crippen LogP contribution is 2.30. The predicted molar refractivity (Wildman–Crippen MR) is 345 cm³/mol. The molecule has 2 aromatic carbocycles. The highest BCUT2D eigenvalue weighted by atomic mass is 16.7. The van der Waals surface area contributed by atoms with E-state index in [2.05, 4.69) is 90.6 Å². The number of nitrogens with two attached hydrogens (primary N) is 1. The van der Waals surface area contributed by atoms with Gasteiger partial charge in [-0.05, 0) is 102 Å². The fourth-order valence-corrected chi connectivity index (χ4v) is 8.44. The summed E-state index contributed by atoms with van der Waals surface area (Å²) < 4.78 is 19.7. The summed E-state index contributed by atoms with van der Waals surface area (Å²) in [5.74, 6) is 0. The van der Waals surface area contributed by atoms with E-state index >= 15 is 0 Å². The van der Waals surface area contributed by atoms with Crippen molar-refractivity contribution in [3.8, 4) is 0 Å². The second-order valence-corrected chi connectivity index (χ2v) is 18.9. The number of likely N-dealkylation sites (tertiary alicyclic amines) is 1. The molecule has 0 radical (unpaired) electrons. The van der Waals surface area contributed by atoms with E-state index in [1.54, 1.807) is 77.5 Å². The molecule has 0 aliphatic carbocycles. The zero-order chi connectivity index (χ0) is 62.5. The minimum atomic E-state index is -0.680. The summed E-state index contributed by atoms with van der Waals surface area (Å²) >= 11 is 0. The van der Waals surface area contributed by atoms with Gasteiger partial charge >= 0.3 is 18.3 Å². The van der Waals surface area contributed by atoms with Gasteiger partial charge in [-0.15, -0.1) is 32.9 Å². The Morgan fingerprint density at radius 2 is 1.25 bits per heavy atom. The summed E-state index contributed by atoms with van der Waals surface area (Å²) in [5, 5.41) is 3.26. The Bertz CT molecular complexity index is 3090. The SMILES string of the molecule is C=CCN.C=CCN(C(=O)OCc1ccccc1)[C@@H](C=C)c1cccnc1.C=CCN[C@@H](C=C)c1cccnc1.CN1CCC[C@H]1c1cccnc1.COC(=O)OC/C=C/c1cccnc1.O=C(OCc1ccccc1)N1CC=C[C@H]1c1cccnc1. The van der Waals surface area contributed by atoms with Crippen LogP contribution in [0.4, 0.5) is 14.4 Å².